The third-order valence-corrected chi connectivity index (χ3v) is 7.63. The molecule has 1 heterocycles. The maximum absolute atomic E-state index is 13.2. The molecule has 0 radical (unpaired) electrons. The average Bonchev–Trinajstić information content (AvgIpc) is 2.94. The number of amides is 1. The second-order valence-electron chi connectivity index (χ2n) is 8.85. The van der Waals surface area contributed by atoms with Gasteiger partial charge in [-0.1, -0.05) is 91.0 Å². The lowest BCUT2D eigenvalue weighted by Gasteiger charge is -2.39. The summed E-state index contributed by atoms with van der Waals surface area (Å²) in [6, 6.07) is 40.1. The van der Waals surface area contributed by atoms with Crippen LogP contribution in [0.3, 0.4) is 0 Å². The number of benzene rings is 4. The fourth-order valence-electron chi connectivity index (χ4n) is 4.68. The summed E-state index contributed by atoms with van der Waals surface area (Å²) in [6.45, 7) is 3.18. The van der Waals surface area contributed by atoms with E-state index in [4.69, 9.17) is 0 Å². The summed E-state index contributed by atoms with van der Waals surface area (Å²) in [5, 5.41) is 0. The molecule has 4 aromatic rings. The molecule has 1 fully saturated rings. The van der Waals surface area contributed by atoms with E-state index in [0.29, 0.717) is 0 Å². The SMILES string of the molecule is O=C(c1ccc(CSc2ccccc2)cc1)N1CCN(C(c2ccccc2)c2ccccc2)CC1. The van der Waals surface area contributed by atoms with Gasteiger partial charge in [0.05, 0.1) is 6.04 Å². The van der Waals surface area contributed by atoms with Crippen LogP contribution in [0.2, 0.25) is 0 Å². The van der Waals surface area contributed by atoms with Gasteiger partial charge in [0, 0.05) is 42.4 Å². The van der Waals surface area contributed by atoms with Gasteiger partial charge in [0.1, 0.15) is 0 Å². The molecule has 0 aromatic heterocycles. The molecule has 35 heavy (non-hydrogen) atoms. The number of hydrogen-bond acceptors (Lipinski definition) is 3. The van der Waals surface area contributed by atoms with Crippen molar-refractivity contribution in [1.82, 2.24) is 9.80 Å². The van der Waals surface area contributed by atoms with Crippen LogP contribution in [0.5, 0.6) is 0 Å². The molecule has 1 aliphatic heterocycles. The quantitative estimate of drug-likeness (QED) is 0.282. The molecule has 0 unspecified atom stereocenters. The van der Waals surface area contributed by atoms with Crippen molar-refractivity contribution in [3.63, 3.8) is 0 Å². The Balaban J connectivity index is 1.21. The first kappa shape index (κ1) is 23.4. The molecule has 1 saturated heterocycles. The van der Waals surface area contributed by atoms with E-state index >= 15 is 0 Å². The molecule has 176 valence electrons. The largest absolute Gasteiger partial charge is 0.336 e. The lowest BCUT2D eigenvalue weighted by Crippen LogP contribution is -2.49. The molecular formula is C31H30N2OS. The van der Waals surface area contributed by atoms with Crippen LogP contribution in [0, 0.1) is 0 Å². The lowest BCUT2D eigenvalue weighted by molar-refractivity contribution is 0.0597. The molecule has 0 N–H and O–H groups in total. The smallest absolute Gasteiger partial charge is 0.253 e. The number of thioether (sulfide) groups is 1. The van der Waals surface area contributed by atoms with Gasteiger partial charge >= 0.3 is 0 Å². The van der Waals surface area contributed by atoms with Crippen LogP contribution in [0.4, 0.5) is 0 Å². The molecule has 5 rings (SSSR count). The summed E-state index contributed by atoms with van der Waals surface area (Å²) < 4.78 is 0. The van der Waals surface area contributed by atoms with E-state index in [1.165, 1.54) is 21.6 Å². The van der Waals surface area contributed by atoms with Crippen LogP contribution in [0.25, 0.3) is 0 Å². The van der Waals surface area contributed by atoms with Gasteiger partial charge in [0.25, 0.3) is 5.91 Å². The maximum Gasteiger partial charge on any atom is 0.253 e. The van der Waals surface area contributed by atoms with Gasteiger partial charge in [-0.25, -0.2) is 0 Å². The summed E-state index contributed by atoms with van der Waals surface area (Å²) in [6.07, 6.45) is 0. The van der Waals surface area contributed by atoms with E-state index < -0.39 is 0 Å². The Kier molecular flexibility index (Phi) is 7.62. The highest BCUT2D eigenvalue weighted by atomic mass is 32.2. The van der Waals surface area contributed by atoms with Gasteiger partial charge < -0.3 is 4.90 Å². The third-order valence-electron chi connectivity index (χ3n) is 6.55. The fraction of sp³-hybridized carbons (Fsp3) is 0.194. The van der Waals surface area contributed by atoms with Crippen molar-refractivity contribution in [2.24, 2.45) is 0 Å². The predicted molar refractivity (Wildman–Crippen MR) is 145 cm³/mol. The zero-order valence-electron chi connectivity index (χ0n) is 19.8. The molecule has 1 aliphatic rings. The molecule has 4 heteroatoms. The van der Waals surface area contributed by atoms with E-state index in [-0.39, 0.29) is 11.9 Å². The van der Waals surface area contributed by atoms with Crippen LogP contribution in [0.15, 0.2) is 120 Å². The lowest BCUT2D eigenvalue weighted by atomic mass is 9.96. The Morgan fingerprint density at radius 2 is 1.17 bits per heavy atom. The Labute approximate surface area is 212 Å². The summed E-state index contributed by atoms with van der Waals surface area (Å²) >= 11 is 1.81. The zero-order valence-corrected chi connectivity index (χ0v) is 20.6. The van der Waals surface area contributed by atoms with Crippen LogP contribution in [-0.4, -0.2) is 41.9 Å². The maximum atomic E-state index is 13.2. The van der Waals surface area contributed by atoms with Crippen molar-refractivity contribution in [3.8, 4) is 0 Å². The molecule has 0 aliphatic carbocycles. The topological polar surface area (TPSA) is 23.6 Å². The monoisotopic (exact) mass is 478 g/mol. The highest BCUT2D eigenvalue weighted by molar-refractivity contribution is 7.98. The van der Waals surface area contributed by atoms with E-state index in [9.17, 15) is 4.79 Å². The number of rotatable bonds is 7. The highest BCUT2D eigenvalue weighted by Crippen LogP contribution is 2.30. The summed E-state index contributed by atoms with van der Waals surface area (Å²) in [5.74, 6) is 1.03. The predicted octanol–water partition coefficient (Wildman–Crippen LogP) is 6.53. The summed E-state index contributed by atoms with van der Waals surface area (Å²) in [7, 11) is 0. The third kappa shape index (κ3) is 5.84. The molecule has 0 atom stereocenters. The summed E-state index contributed by atoms with van der Waals surface area (Å²) in [5.41, 5.74) is 4.59. The Hall–Kier alpha value is -3.34. The van der Waals surface area contributed by atoms with Crippen LogP contribution in [0.1, 0.15) is 33.1 Å². The van der Waals surface area contributed by atoms with Gasteiger partial charge in [0.2, 0.25) is 0 Å². The normalized spacial score (nSPS) is 14.3. The van der Waals surface area contributed by atoms with Crippen molar-refractivity contribution in [1.29, 1.82) is 0 Å². The molecule has 0 bridgehead atoms. The summed E-state index contributed by atoms with van der Waals surface area (Å²) in [4.78, 5) is 19.0. The van der Waals surface area contributed by atoms with Gasteiger partial charge in [-0.15, -0.1) is 11.8 Å². The van der Waals surface area contributed by atoms with Crippen LogP contribution in [-0.2, 0) is 5.75 Å². The molecule has 4 aromatic carbocycles. The first-order valence-corrected chi connectivity index (χ1v) is 13.2. The Morgan fingerprint density at radius 3 is 1.71 bits per heavy atom. The van der Waals surface area contributed by atoms with Gasteiger partial charge in [0.15, 0.2) is 0 Å². The Morgan fingerprint density at radius 1 is 0.657 bits per heavy atom. The molecule has 1 amide bonds. The Bertz CT molecular complexity index is 1170. The number of hydrogen-bond donors (Lipinski definition) is 0. The van der Waals surface area contributed by atoms with Gasteiger partial charge in [-0.3, -0.25) is 9.69 Å². The van der Waals surface area contributed by atoms with Crippen molar-refractivity contribution in [2.75, 3.05) is 26.2 Å². The first-order chi connectivity index (χ1) is 17.3. The second kappa shape index (κ2) is 11.4. The van der Waals surface area contributed by atoms with Crippen LogP contribution >= 0.6 is 11.8 Å². The number of nitrogens with zero attached hydrogens (tertiary/aromatic N) is 2. The number of carbonyl (C=O) groups excluding carboxylic acids is 1. The molecule has 0 spiro atoms. The van der Waals surface area contributed by atoms with Crippen molar-refractivity contribution < 1.29 is 4.79 Å². The van der Waals surface area contributed by atoms with Gasteiger partial charge in [-0.2, -0.15) is 0 Å². The van der Waals surface area contributed by atoms with Crippen molar-refractivity contribution >= 4 is 17.7 Å². The minimum Gasteiger partial charge on any atom is -0.336 e. The fourth-order valence-corrected chi connectivity index (χ4v) is 5.55. The zero-order chi connectivity index (χ0) is 23.9. The van der Waals surface area contributed by atoms with Gasteiger partial charge in [-0.05, 0) is 41.0 Å². The minimum absolute atomic E-state index is 0.128. The van der Waals surface area contributed by atoms with Crippen molar-refractivity contribution in [2.45, 2.75) is 16.7 Å². The molecule has 0 saturated carbocycles. The average molecular weight is 479 g/mol. The first-order valence-electron chi connectivity index (χ1n) is 12.2. The molecule has 3 nitrogen and oxygen atoms in total. The van der Waals surface area contributed by atoms with Crippen molar-refractivity contribution in [3.05, 3.63) is 138 Å². The second-order valence-corrected chi connectivity index (χ2v) is 9.90. The van der Waals surface area contributed by atoms with E-state index in [1.54, 1.807) is 0 Å². The molecular weight excluding hydrogens is 448 g/mol. The van der Waals surface area contributed by atoms with E-state index in [0.717, 1.165) is 37.5 Å². The number of piperazine rings is 1. The van der Waals surface area contributed by atoms with Crippen LogP contribution < -0.4 is 0 Å². The van der Waals surface area contributed by atoms with E-state index in [1.807, 2.05) is 34.9 Å². The van der Waals surface area contributed by atoms with E-state index in [2.05, 4.69) is 102 Å². The standard InChI is InChI=1S/C31H30N2OS/c34-31(28-18-16-25(17-19-28)24-35-29-14-8-3-9-15-29)33-22-20-32(21-23-33)30(26-10-4-1-5-11-26)27-12-6-2-7-13-27/h1-19,30H,20-24H2. The highest BCUT2D eigenvalue weighted by Gasteiger charge is 2.28. The minimum atomic E-state index is 0.128. The number of carbonyl (C=O) groups is 1.